The first kappa shape index (κ1) is 12.2. The predicted molar refractivity (Wildman–Crippen MR) is 75.0 cm³/mol. The molecule has 0 spiro atoms. The van der Waals surface area contributed by atoms with E-state index in [1.54, 1.807) is 23.9 Å². The highest BCUT2D eigenvalue weighted by Crippen LogP contribution is 2.30. The molecule has 2 aromatic rings. The van der Waals surface area contributed by atoms with Crippen LogP contribution in [0.2, 0.25) is 0 Å². The van der Waals surface area contributed by atoms with Gasteiger partial charge >= 0.3 is 0 Å². The Balaban J connectivity index is 2.01. The lowest BCUT2D eigenvalue weighted by atomic mass is 9.82. The van der Waals surface area contributed by atoms with E-state index in [0.29, 0.717) is 11.8 Å². The molecule has 0 saturated heterocycles. The minimum atomic E-state index is -0.00592. The van der Waals surface area contributed by atoms with Crippen molar-refractivity contribution in [2.75, 3.05) is 0 Å². The molecule has 1 aliphatic rings. The molecule has 0 bridgehead atoms. The van der Waals surface area contributed by atoms with Crippen molar-refractivity contribution in [3.8, 4) is 11.4 Å². The molecule has 0 aromatic carbocycles. The van der Waals surface area contributed by atoms with Crippen molar-refractivity contribution in [3.05, 3.63) is 40.1 Å². The number of pyridine rings is 1. The standard InChI is InChI=1S/C15H19N3O/c1-9-6-12-13(7-10(9)2)17-15(16-12)11-4-5-18(3)14(19)8-11/h4-5,8-10H,6-7H2,1-3H3,(H,16,17). The van der Waals surface area contributed by atoms with Crippen LogP contribution in [0.3, 0.4) is 0 Å². The highest BCUT2D eigenvalue weighted by Gasteiger charge is 2.25. The maximum absolute atomic E-state index is 11.7. The number of fused-ring (bicyclic) bond motifs is 1. The molecule has 4 nitrogen and oxygen atoms in total. The maximum atomic E-state index is 11.7. The minimum Gasteiger partial charge on any atom is -0.342 e. The van der Waals surface area contributed by atoms with E-state index in [9.17, 15) is 4.79 Å². The van der Waals surface area contributed by atoms with Crippen LogP contribution in [0.5, 0.6) is 0 Å². The summed E-state index contributed by atoms with van der Waals surface area (Å²) in [5, 5.41) is 0. The zero-order valence-corrected chi connectivity index (χ0v) is 11.6. The molecule has 0 amide bonds. The summed E-state index contributed by atoms with van der Waals surface area (Å²) in [6, 6.07) is 3.57. The van der Waals surface area contributed by atoms with Gasteiger partial charge < -0.3 is 9.55 Å². The van der Waals surface area contributed by atoms with Gasteiger partial charge in [-0.3, -0.25) is 4.79 Å². The summed E-state index contributed by atoms with van der Waals surface area (Å²) in [5.41, 5.74) is 3.27. The number of H-pyrrole nitrogens is 1. The molecule has 0 fully saturated rings. The van der Waals surface area contributed by atoms with Gasteiger partial charge in [0.05, 0.1) is 5.69 Å². The minimum absolute atomic E-state index is 0.00592. The van der Waals surface area contributed by atoms with Gasteiger partial charge in [-0.2, -0.15) is 0 Å². The van der Waals surface area contributed by atoms with Gasteiger partial charge in [0.15, 0.2) is 0 Å². The number of aryl methyl sites for hydroxylation is 1. The first-order valence-corrected chi connectivity index (χ1v) is 6.79. The fourth-order valence-corrected chi connectivity index (χ4v) is 2.65. The molecule has 0 saturated carbocycles. The van der Waals surface area contributed by atoms with E-state index in [1.807, 2.05) is 6.07 Å². The molecule has 2 heterocycles. The Bertz CT molecular complexity index is 641. The molecular formula is C15H19N3O. The monoisotopic (exact) mass is 257 g/mol. The lowest BCUT2D eigenvalue weighted by Crippen LogP contribution is -2.20. The highest BCUT2D eigenvalue weighted by molar-refractivity contribution is 5.55. The predicted octanol–water partition coefficient (Wildman–Crippen LogP) is 2.15. The highest BCUT2D eigenvalue weighted by atomic mass is 16.1. The molecule has 19 heavy (non-hydrogen) atoms. The van der Waals surface area contributed by atoms with Crippen LogP contribution in [0.25, 0.3) is 11.4 Å². The van der Waals surface area contributed by atoms with E-state index in [0.717, 1.165) is 24.2 Å². The van der Waals surface area contributed by atoms with Gasteiger partial charge in [-0.1, -0.05) is 13.8 Å². The van der Waals surface area contributed by atoms with Crippen LogP contribution in [-0.4, -0.2) is 14.5 Å². The van der Waals surface area contributed by atoms with E-state index in [1.165, 1.54) is 11.4 Å². The van der Waals surface area contributed by atoms with Crippen LogP contribution in [0.4, 0.5) is 0 Å². The first-order valence-electron chi connectivity index (χ1n) is 6.79. The fourth-order valence-electron chi connectivity index (χ4n) is 2.65. The topological polar surface area (TPSA) is 50.7 Å². The molecule has 3 rings (SSSR count). The van der Waals surface area contributed by atoms with Crippen LogP contribution in [0.1, 0.15) is 25.2 Å². The normalized spacial score (nSPS) is 22.3. The quantitative estimate of drug-likeness (QED) is 0.851. The summed E-state index contributed by atoms with van der Waals surface area (Å²) in [6.07, 6.45) is 3.86. The van der Waals surface area contributed by atoms with Gasteiger partial charge in [0, 0.05) is 30.6 Å². The smallest absolute Gasteiger partial charge is 0.250 e. The number of aromatic nitrogens is 3. The molecule has 0 aliphatic heterocycles. The van der Waals surface area contributed by atoms with Crippen molar-refractivity contribution in [3.63, 3.8) is 0 Å². The summed E-state index contributed by atoms with van der Waals surface area (Å²) in [6.45, 7) is 4.56. The van der Waals surface area contributed by atoms with Gasteiger partial charge in [-0.15, -0.1) is 0 Å². The summed E-state index contributed by atoms with van der Waals surface area (Å²) < 4.78 is 1.57. The van der Waals surface area contributed by atoms with Gasteiger partial charge in [0.1, 0.15) is 5.82 Å². The Kier molecular flexibility index (Phi) is 2.81. The van der Waals surface area contributed by atoms with Crippen molar-refractivity contribution < 1.29 is 0 Å². The lowest BCUT2D eigenvalue weighted by molar-refractivity contribution is 0.355. The zero-order chi connectivity index (χ0) is 13.6. The maximum Gasteiger partial charge on any atom is 0.250 e. The summed E-state index contributed by atoms with van der Waals surface area (Å²) >= 11 is 0. The number of nitrogens with one attached hydrogen (secondary N) is 1. The number of aromatic amines is 1. The molecule has 4 heteroatoms. The van der Waals surface area contributed by atoms with Crippen molar-refractivity contribution in [1.82, 2.24) is 14.5 Å². The third-order valence-corrected chi connectivity index (χ3v) is 4.25. The Morgan fingerprint density at radius 1 is 1.32 bits per heavy atom. The number of imidazole rings is 1. The summed E-state index contributed by atoms with van der Waals surface area (Å²) in [7, 11) is 1.75. The third kappa shape index (κ3) is 2.11. The lowest BCUT2D eigenvalue weighted by Gasteiger charge is -2.24. The fraction of sp³-hybridized carbons (Fsp3) is 0.467. The molecule has 2 unspecified atom stereocenters. The molecule has 1 aliphatic carbocycles. The number of nitrogens with zero attached hydrogens (tertiary/aromatic N) is 2. The summed E-state index contributed by atoms with van der Waals surface area (Å²) in [4.78, 5) is 19.7. The SMILES string of the molecule is CC1Cc2nc(-c3ccn(C)c(=O)c3)[nH]c2CC1C. The first-order chi connectivity index (χ1) is 9.04. The molecule has 0 radical (unpaired) electrons. The number of hydrogen-bond acceptors (Lipinski definition) is 2. The van der Waals surface area contributed by atoms with Gasteiger partial charge in [0.2, 0.25) is 0 Å². The van der Waals surface area contributed by atoms with Gasteiger partial charge in [-0.25, -0.2) is 4.98 Å². The Morgan fingerprint density at radius 3 is 2.79 bits per heavy atom. The number of hydrogen-bond donors (Lipinski definition) is 1. The van der Waals surface area contributed by atoms with Crippen molar-refractivity contribution in [2.45, 2.75) is 26.7 Å². The van der Waals surface area contributed by atoms with Crippen LogP contribution in [0, 0.1) is 11.8 Å². The van der Waals surface area contributed by atoms with Gasteiger partial charge in [0.25, 0.3) is 5.56 Å². The third-order valence-electron chi connectivity index (χ3n) is 4.25. The Morgan fingerprint density at radius 2 is 2.05 bits per heavy atom. The molecular weight excluding hydrogens is 238 g/mol. The Hall–Kier alpha value is -1.84. The van der Waals surface area contributed by atoms with Crippen molar-refractivity contribution in [1.29, 1.82) is 0 Å². The molecule has 2 atom stereocenters. The zero-order valence-electron chi connectivity index (χ0n) is 11.6. The van der Waals surface area contributed by atoms with Crippen molar-refractivity contribution in [2.24, 2.45) is 18.9 Å². The van der Waals surface area contributed by atoms with Gasteiger partial charge in [-0.05, 0) is 30.7 Å². The molecule has 100 valence electrons. The molecule has 2 aromatic heterocycles. The van der Waals surface area contributed by atoms with Crippen LogP contribution < -0.4 is 5.56 Å². The van der Waals surface area contributed by atoms with E-state index >= 15 is 0 Å². The second-order valence-corrected chi connectivity index (χ2v) is 5.74. The van der Waals surface area contributed by atoms with E-state index in [2.05, 4.69) is 23.8 Å². The van der Waals surface area contributed by atoms with E-state index < -0.39 is 0 Å². The van der Waals surface area contributed by atoms with Crippen LogP contribution in [0.15, 0.2) is 23.1 Å². The summed E-state index contributed by atoms with van der Waals surface area (Å²) in [5.74, 6) is 2.18. The average molecular weight is 257 g/mol. The van der Waals surface area contributed by atoms with Crippen LogP contribution >= 0.6 is 0 Å². The van der Waals surface area contributed by atoms with E-state index in [-0.39, 0.29) is 5.56 Å². The average Bonchev–Trinajstić information content (AvgIpc) is 2.76. The van der Waals surface area contributed by atoms with Crippen molar-refractivity contribution >= 4 is 0 Å². The second kappa shape index (κ2) is 4.37. The molecule has 1 N–H and O–H groups in total. The largest absolute Gasteiger partial charge is 0.342 e. The second-order valence-electron chi connectivity index (χ2n) is 5.74. The van der Waals surface area contributed by atoms with E-state index in [4.69, 9.17) is 0 Å². The number of rotatable bonds is 1. The Labute approximate surface area is 112 Å². The van der Waals surface area contributed by atoms with Crippen LogP contribution in [-0.2, 0) is 19.9 Å².